The van der Waals surface area contributed by atoms with Crippen molar-refractivity contribution in [2.75, 3.05) is 0 Å². The first-order valence-corrected chi connectivity index (χ1v) is 18.0. The lowest BCUT2D eigenvalue weighted by molar-refractivity contribution is -0.143. The Hall–Kier alpha value is -2.85. The summed E-state index contributed by atoms with van der Waals surface area (Å²) in [6.45, 7) is 6.37. The van der Waals surface area contributed by atoms with E-state index in [0.29, 0.717) is 17.7 Å². The maximum absolute atomic E-state index is 13.9. The van der Waals surface area contributed by atoms with Crippen molar-refractivity contribution in [2.24, 2.45) is 5.41 Å². The molecule has 0 bridgehead atoms. The molecule has 5 heteroatoms. The second kappa shape index (κ2) is 20.3. The van der Waals surface area contributed by atoms with Gasteiger partial charge in [0.1, 0.15) is 11.2 Å². The fourth-order valence-corrected chi connectivity index (χ4v) is 6.36. The Bertz CT molecular complexity index is 1200. The van der Waals surface area contributed by atoms with Crippen LogP contribution in [0.2, 0.25) is 0 Å². The summed E-state index contributed by atoms with van der Waals surface area (Å²) in [7, 11) is 0. The van der Waals surface area contributed by atoms with Crippen molar-refractivity contribution in [1.82, 2.24) is 0 Å². The largest absolute Gasteiger partial charge is 0.459 e. The Morgan fingerprint density at radius 1 is 0.778 bits per heavy atom. The number of carbonyl (C=O) groups is 2. The fourth-order valence-electron chi connectivity index (χ4n) is 5.95. The summed E-state index contributed by atoms with van der Waals surface area (Å²) in [6, 6.07) is 16.7. The Labute approximate surface area is 277 Å². The van der Waals surface area contributed by atoms with Gasteiger partial charge in [0, 0.05) is 0 Å². The molecule has 0 radical (unpaired) electrons. The highest BCUT2D eigenvalue weighted by atomic mass is 35.5. The van der Waals surface area contributed by atoms with E-state index < -0.39 is 10.8 Å². The summed E-state index contributed by atoms with van der Waals surface area (Å²) >= 11 is 7.05. The van der Waals surface area contributed by atoms with E-state index in [1.165, 1.54) is 57.8 Å². The van der Waals surface area contributed by atoms with E-state index in [9.17, 15) is 9.59 Å². The van der Waals surface area contributed by atoms with E-state index >= 15 is 0 Å². The van der Waals surface area contributed by atoms with Gasteiger partial charge >= 0.3 is 11.9 Å². The summed E-state index contributed by atoms with van der Waals surface area (Å²) in [5.41, 5.74) is 1.55. The van der Waals surface area contributed by atoms with Crippen LogP contribution in [0.5, 0.6) is 5.75 Å². The molecule has 4 nitrogen and oxygen atoms in total. The summed E-state index contributed by atoms with van der Waals surface area (Å²) in [5, 5.41) is -0.545. The summed E-state index contributed by atoms with van der Waals surface area (Å²) in [5.74, 6) is -0.335. The van der Waals surface area contributed by atoms with Crippen molar-refractivity contribution in [1.29, 1.82) is 0 Å². The zero-order chi connectivity index (χ0) is 32.3. The second-order valence-electron chi connectivity index (χ2n) is 12.7. The summed E-state index contributed by atoms with van der Waals surface area (Å²) in [4.78, 5) is 26.5. The Morgan fingerprint density at radius 3 is 1.96 bits per heavy atom. The van der Waals surface area contributed by atoms with Crippen molar-refractivity contribution in [2.45, 2.75) is 135 Å². The predicted molar refractivity (Wildman–Crippen MR) is 188 cm³/mol. The van der Waals surface area contributed by atoms with Crippen LogP contribution in [0.3, 0.4) is 0 Å². The second-order valence-corrected chi connectivity index (χ2v) is 13.1. The van der Waals surface area contributed by atoms with Gasteiger partial charge in [0.25, 0.3) is 0 Å². The third-order valence-corrected chi connectivity index (χ3v) is 9.40. The van der Waals surface area contributed by atoms with E-state index in [0.717, 1.165) is 49.7 Å². The maximum Gasteiger partial charge on any atom is 0.338 e. The minimum atomic E-state index is -0.967. The zero-order valence-electron chi connectivity index (χ0n) is 27.9. The minimum absolute atomic E-state index is 0.134. The van der Waals surface area contributed by atoms with Gasteiger partial charge in [-0.25, -0.2) is 4.79 Å². The molecule has 2 aromatic rings. The summed E-state index contributed by atoms with van der Waals surface area (Å²) in [6.07, 6.45) is 24.1. The normalized spacial score (nSPS) is 18.3. The van der Waals surface area contributed by atoms with E-state index in [4.69, 9.17) is 21.1 Å². The standard InChI is InChI=1S/C40H55ClO4/c1-4-6-8-10-11-12-13-14-15-20-29-40(30-28-35(31-37(40)41)33-22-18-16-19-23-33)39(43)45-36-26-24-34(25-27-36)38(42)44-32(3)21-17-9-7-5-2/h16,18-19,22-28,30-32,37H,4-15,17,20-21,29H2,1-3H3. The van der Waals surface area contributed by atoms with Gasteiger partial charge in [-0.15, -0.1) is 11.6 Å². The van der Waals surface area contributed by atoms with Crippen molar-refractivity contribution < 1.29 is 19.1 Å². The van der Waals surface area contributed by atoms with E-state index in [-0.39, 0.29) is 18.0 Å². The third-order valence-electron chi connectivity index (χ3n) is 8.88. The number of ether oxygens (including phenoxy) is 2. The summed E-state index contributed by atoms with van der Waals surface area (Å²) < 4.78 is 11.6. The van der Waals surface area contributed by atoms with Crippen molar-refractivity contribution in [3.8, 4) is 5.75 Å². The minimum Gasteiger partial charge on any atom is -0.459 e. The molecule has 0 N–H and O–H groups in total. The van der Waals surface area contributed by atoms with Gasteiger partial charge in [-0.05, 0) is 61.6 Å². The van der Waals surface area contributed by atoms with Gasteiger partial charge < -0.3 is 9.47 Å². The van der Waals surface area contributed by atoms with Crippen molar-refractivity contribution in [3.63, 3.8) is 0 Å². The molecule has 1 aliphatic carbocycles. The van der Waals surface area contributed by atoms with Gasteiger partial charge in [-0.2, -0.15) is 0 Å². The van der Waals surface area contributed by atoms with Crippen LogP contribution in [0.15, 0.2) is 72.8 Å². The van der Waals surface area contributed by atoms with Gasteiger partial charge in [0.05, 0.1) is 17.0 Å². The Kier molecular flexibility index (Phi) is 16.5. The number of halogens is 1. The van der Waals surface area contributed by atoms with Crippen LogP contribution in [-0.2, 0) is 9.53 Å². The SMILES string of the molecule is CCCCCCCCCCCCC1(C(=O)Oc2ccc(C(=O)OC(C)CCCCCC)cc2)C=CC(c2ccccc2)=CC1Cl. The molecule has 0 spiro atoms. The van der Waals surface area contributed by atoms with Crippen LogP contribution in [0.25, 0.3) is 5.57 Å². The molecule has 0 saturated heterocycles. The van der Waals surface area contributed by atoms with Crippen LogP contribution in [-0.4, -0.2) is 23.4 Å². The van der Waals surface area contributed by atoms with Crippen LogP contribution in [0.4, 0.5) is 0 Å². The van der Waals surface area contributed by atoms with Gasteiger partial charge in [0.15, 0.2) is 0 Å². The molecule has 1 aliphatic rings. The molecule has 45 heavy (non-hydrogen) atoms. The third kappa shape index (κ3) is 12.1. The molecule has 0 heterocycles. The van der Waals surface area contributed by atoms with E-state index in [2.05, 4.69) is 13.8 Å². The van der Waals surface area contributed by atoms with Gasteiger partial charge in [-0.1, -0.05) is 146 Å². The number of carbonyl (C=O) groups excluding carboxylic acids is 2. The Morgan fingerprint density at radius 2 is 1.36 bits per heavy atom. The number of benzene rings is 2. The van der Waals surface area contributed by atoms with Crippen LogP contribution in [0.1, 0.15) is 139 Å². The lowest BCUT2D eigenvalue weighted by Gasteiger charge is -2.34. The highest BCUT2D eigenvalue weighted by Gasteiger charge is 2.45. The lowest BCUT2D eigenvalue weighted by Crippen LogP contribution is -2.41. The van der Waals surface area contributed by atoms with Crippen LogP contribution in [0, 0.1) is 5.41 Å². The van der Waals surface area contributed by atoms with Crippen molar-refractivity contribution >= 4 is 29.1 Å². The maximum atomic E-state index is 13.9. The lowest BCUT2D eigenvalue weighted by atomic mass is 9.74. The average molecular weight is 635 g/mol. The number of unbranched alkanes of at least 4 members (excludes halogenated alkanes) is 12. The topological polar surface area (TPSA) is 52.6 Å². The first kappa shape index (κ1) is 36.6. The molecule has 0 fully saturated rings. The molecule has 0 aliphatic heterocycles. The molecule has 2 aromatic carbocycles. The molecular weight excluding hydrogens is 580 g/mol. The number of esters is 2. The Balaban J connectivity index is 1.61. The van der Waals surface area contributed by atoms with Gasteiger partial charge in [-0.3, -0.25) is 4.79 Å². The zero-order valence-corrected chi connectivity index (χ0v) is 28.7. The number of rotatable bonds is 21. The molecule has 0 aromatic heterocycles. The molecule has 246 valence electrons. The average Bonchev–Trinajstić information content (AvgIpc) is 3.05. The molecule has 3 atom stereocenters. The first-order valence-electron chi connectivity index (χ1n) is 17.5. The van der Waals surface area contributed by atoms with E-state index in [1.54, 1.807) is 24.3 Å². The van der Waals surface area contributed by atoms with Gasteiger partial charge in [0.2, 0.25) is 0 Å². The number of hydrogen-bond acceptors (Lipinski definition) is 4. The highest BCUT2D eigenvalue weighted by molar-refractivity contribution is 6.25. The molecule has 3 unspecified atom stereocenters. The van der Waals surface area contributed by atoms with Crippen molar-refractivity contribution in [3.05, 3.63) is 84.0 Å². The number of hydrogen-bond donors (Lipinski definition) is 0. The van der Waals surface area contributed by atoms with Crippen LogP contribution < -0.4 is 4.74 Å². The first-order chi connectivity index (χ1) is 21.9. The number of alkyl halides is 1. The molecule has 0 amide bonds. The molecule has 0 saturated carbocycles. The van der Waals surface area contributed by atoms with Crippen LogP contribution >= 0.6 is 11.6 Å². The monoisotopic (exact) mass is 634 g/mol. The quantitative estimate of drug-likeness (QED) is 0.0593. The fraction of sp³-hybridized carbons (Fsp3) is 0.550. The highest BCUT2D eigenvalue weighted by Crippen LogP contribution is 2.42. The predicted octanol–water partition coefficient (Wildman–Crippen LogP) is 11.7. The van der Waals surface area contributed by atoms with E-state index in [1.807, 2.05) is 55.5 Å². The number of allylic oxidation sites excluding steroid dienone is 3. The smallest absolute Gasteiger partial charge is 0.338 e. The molecular formula is C40H55ClO4. The molecule has 3 rings (SSSR count).